The SMILES string of the molecule is Nc1ccc2c(c1)OCCOCCOCCOc1cc(N)ccc1OCCOCCOCCO2. The van der Waals surface area contributed by atoms with Gasteiger partial charge in [-0.25, -0.2) is 0 Å². The molecule has 10 nitrogen and oxygen atoms in total. The lowest BCUT2D eigenvalue weighted by Crippen LogP contribution is -2.15. The Morgan fingerprint density at radius 1 is 0.382 bits per heavy atom. The van der Waals surface area contributed by atoms with Gasteiger partial charge in [0.1, 0.15) is 26.4 Å². The molecule has 2 aromatic rings. The summed E-state index contributed by atoms with van der Waals surface area (Å²) in [4.78, 5) is 0. The molecule has 0 saturated carbocycles. The Hall–Kier alpha value is -2.92. The second-order valence-corrected chi connectivity index (χ2v) is 7.26. The predicted molar refractivity (Wildman–Crippen MR) is 127 cm³/mol. The molecule has 188 valence electrons. The van der Waals surface area contributed by atoms with Gasteiger partial charge in [0, 0.05) is 23.5 Å². The first-order chi connectivity index (χ1) is 16.7. The second kappa shape index (κ2) is 15.1. The molecule has 1 aliphatic heterocycles. The number of nitrogens with two attached hydrogens (primary N) is 2. The van der Waals surface area contributed by atoms with Crippen LogP contribution in [0.3, 0.4) is 0 Å². The topological polar surface area (TPSA) is 126 Å². The first kappa shape index (κ1) is 25.7. The smallest absolute Gasteiger partial charge is 0.163 e. The normalized spacial score (nSPS) is 17.9. The van der Waals surface area contributed by atoms with Gasteiger partial charge in [0.25, 0.3) is 0 Å². The molecular weight excluding hydrogens is 444 g/mol. The minimum absolute atomic E-state index is 0.356. The maximum atomic E-state index is 5.87. The van der Waals surface area contributed by atoms with E-state index in [1.54, 1.807) is 36.4 Å². The molecule has 1 heterocycles. The van der Waals surface area contributed by atoms with E-state index in [0.29, 0.717) is 114 Å². The molecule has 2 aromatic carbocycles. The molecular formula is C24H34N2O8. The van der Waals surface area contributed by atoms with Gasteiger partial charge in [0.2, 0.25) is 0 Å². The fourth-order valence-corrected chi connectivity index (χ4v) is 3.00. The van der Waals surface area contributed by atoms with Gasteiger partial charge in [-0.2, -0.15) is 0 Å². The summed E-state index contributed by atoms with van der Waals surface area (Å²) in [7, 11) is 0. The van der Waals surface area contributed by atoms with Crippen LogP contribution in [-0.4, -0.2) is 79.3 Å². The highest BCUT2D eigenvalue weighted by atomic mass is 16.6. The van der Waals surface area contributed by atoms with Crippen LogP contribution in [0.25, 0.3) is 0 Å². The number of rotatable bonds is 0. The average molecular weight is 479 g/mol. The fraction of sp³-hybridized carbons (Fsp3) is 0.500. The van der Waals surface area contributed by atoms with Crippen molar-refractivity contribution in [3.63, 3.8) is 0 Å². The summed E-state index contributed by atoms with van der Waals surface area (Å²) in [5.41, 5.74) is 12.9. The number of benzene rings is 2. The number of nitrogen functional groups attached to an aromatic ring is 2. The first-order valence-electron chi connectivity index (χ1n) is 11.3. The van der Waals surface area contributed by atoms with E-state index in [0.717, 1.165) is 0 Å². The van der Waals surface area contributed by atoms with Gasteiger partial charge in [-0.3, -0.25) is 0 Å². The molecule has 10 heteroatoms. The number of hydrogen-bond acceptors (Lipinski definition) is 10. The van der Waals surface area contributed by atoms with E-state index in [1.165, 1.54) is 0 Å². The van der Waals surface area contributed by atoms with Crippen LogP contribution in [0.5, 0.6) is 23.0 Å². The van der Waals surface area contributed by atoms with E-state index in [4.69, 9.17) is 49.4 Å². The Morgan fingerprint density at radius 3 is 1.03 bits per heavy atom. The van der Waals surface area contributed by atoms with Gasteiger partial charge in [-0.1, -0.05) is 0 Å². The van der Waals surface area contributed by atoms with E-state index in [9.17, 15) is 0 Å². The molecule has 0 spiro atoms. The van der Waals surface area contributed by atoms with E-state index < -0.39 is 0 Å². The van der Waals surface area contributed by atoms with Crippen LogP contribution in [0.1, 0.15) is 0 Å². The van der Waals surface area contributed by atoms with Crippen LogP contribution < -0.4 is 30.4 Å². The maximum absolute atomic E-state index is 5.87. The molecule has 0 atom stereocenters. The molecule has 0 radical (unpaired) electrons. The second-order valence-electron chi connectivity index (χ2n) is 7.26. The zero-order valence-corrected chi connectivity index (χ0v) is 19.4. The first-order valence-corrected chi connectivity index (χ1v) is 11.3. The van der Waals surface area contributed by atoms with Crippen molar-refractivity contribution in [3.8, 4) is 23.0 Å². The summed E-state index contributed by atoms with van der Waals surface area (Å²) < 4.78 is 45.3. The Labute approximate surface area is 199 Å². The average Bonchev–Trinajstić information content (AvgIpc) is 2.83. The number of hydrogen-bond donors (Lipinski definition) is 2. The molecule has 34 heavy (non-hydrogen) atoms. The zero-order chi connectivity index (χ0) is 23.8. The molecule has 1 aliphatic rings. The largest absolute Gasteiger partial charge is 0.487 e. The van der Waals surface area contributed by atoms with E-state index >= 15 is 0 Å². The summed E-state index contributed by atoms with van der Waals surface area (Å²) >= 11 is 0. The molecule has 0 saturated heterocycles. The van der Waals surface area contributed by atoms with Crippen LogP contribution in [0.15, 0.2) is 36.4 Å². The van der Waals surface area contributed by atoms with E-state index in [2.05, 4.69) is 0 Å². The summed E-state index contributed by atoms with van der Waals surface area (Å²) in [5.74, 6) is 2.34. The zero-order valence-electron chi connectivity index (χ0n) is 19.4. The molecule has 0 aliphatic carbocycles. The Morgan fingerprint density at radius 2 is 0.676 bits per heavy atom. The summed E-state index contributed by atoms with van der Waals surface area (Å²) in [6.45, 7) is 4.86. The lowest BCUT2D eigenvalue weighted by molar-refractivity contribution is 0.0223. The molecule has 0 amide bonds. The van der Waals surface area contributed by atoms with Crippen LogP contribution >= 0.6 is 0 Å². The summed E-state index contributed by atoms with van der Waals surface area (Å²) in [6, 6.07) is 10.5. The van der Waals surface area contributed by atoms with Crippen LogP contribution in [-0.2, 0) is 18.9 Å². The van der Waals surface area contributed by atoms with Gasteiger partial charge in [-0.05, 0) is 24.3 Å². The standard InChI is InChI=1S/C24H34N2O8/c25-19-1-3-21-23(17-19)33-15-11-29-7-8-30-12-16-34-24-18-20(26)2-4-22(24)32-14-10-28-6-5-27-9-13-31-21/h1-4,17-18H,5-16,25-26H2. The quantitative estimate of drug-likeness (QED) is 0.544. The summed E-state index contributed by atoms with van der Waals surface area (Å²) in [5, 5.41) is 0. The highest BCUT2D eigenvalue weighted by Crippen LogP contribution is 2.30. The molecule has 0 aromatic heterocycles. The fourth-order valence-electron chi connectivity index (χ4n) is 3.00. The molecule has 0 unspecified atom stereocenters. The minimum Gasteiger partial charge on any atom is -0.487 e. The van der Waals surface area contributed by atoms with Crippen LogP contribution in [0.4, 0.5) is 11.4 Å². The molecule has 0 fully saturated rings. The highest BCUT2D eigenvalue weighted by molar-refractivity contribution is 5.52. The third-order valence-corrected chi connectivity index (χ3v) is 4.62. The maximum Gasteiger partial charge on any atom is 0.163 e. The van der Waals surface area contributed by atoms with Gasteiger partial charge in [-0.15, -0.1) is 0 Å². The van der Waals surface area contributed by atoms with Crippen molar-refractivity contribution in [2.24, 2.45) is 0 Å². The Balaban J connectivity index is 1.48. The third kappa shape index (κ3) is 9.52. The lowest BCUT2D eigenvalue weighted by atomic mass is 10.3. The van der Waals surface area contributed by atoms with Gasteiger partial charge < -0.3 is 49.4 Å². The predicted octanol–water partition coefficient (Wildman–Crippen LogP) is 2.15. The van der Waals surface area contributed by atoms with Crippen molar-refractivity contribution in [3.05, 3.63) is 36.4 Å². The summed E-state index contributed by atoms with van der Waals surface area (Å²) in [6.07, 6.45) is 0. The lowest BCUT2D eigenvalue weighted by Gasteiger charge is -2.15. The van der Waals surface area contributed by atoms with Gasteiger partial charge >= 0.3 is 0 Å². The third-order valence-electron chi connectivity index (χ3n) is 4.62. The minimum atomic E-state index is 0.356. The van der Waals surface area contributed by atoms with Crippen molar-refractivity contribution in [2.45, 2.75) is 0 Å². The van der Waals surface area contributed by atoms with Crippen LogP contribution in [0.2, 0.25) is 0 Å². The van der Waals surface area contributed by atoms with Crippen molar-refractivity contribution >= 4 is 11.4 Å². The monoisotopic (exact) mass is 478 g/mol. The Bertz CT molecular complexity index is 782. The van der Waals surface area contributed by atoms with Crippen molar-refractivity contribution < 1.29 is 37.9 Å². The Kier molecular flexibility index (Phi) is 11.4. The number of anilines is 2. The van der Waals surface area contributed by atoms with Crippen molar-refractivity contribution in [2.75, 3.05) is 90.7 Å². The number of fused-ring (bicyclic) bond motifs is 2. The molecule has 0 bridgehead atoms. The van der Waals surface area contributed by atoms with Crippen molar-refractivity contribution in [1.82, 2.24) is 0 Å². The van der Waals surface area contributed by atoms with E-state index in [-0.39, 0.29) is 0 Å². The molecule has 3 rings (SSSR count). The van der Waals surface area contributed by atoms with Crippen LogP contribution in [0, 0.1) is 0 Å². The molecule has 4 N–H and O–H groups in total. The van der Waals surface area contributed by atoms with E-state index in [1.807, 2.05) is 0 Å². The number of ether oxygens (including phenoxy) is 8. The van der Waals surface area contributed by atoms with Gasteiger partial charge in [0.05, 0.1) is 52.9 Å². The highest BCUT2D eigenvalue weighted by Gasteiger charge is 2.08. The van der Waals surface area contributed by atoms with Gasteiger partial charge in [0.15, 0.2) is 23.0 Å². The van der Waals surface area contributed by atoms with Crippen molar-refractivity contribution in [1.29, 1.82) is 0 Å².